The number of thiophene rings is 1. The molecule has 0 aliphatic heterocycles. The third kappa shape index (κ3) is 2.81. The van der Waals surface area contributed by atoms with E-state index in [1.807, 2.05) is 32.4 Å². The number of halogens is 1. The molecule has 0 bridgehead atoms. The van der Waals surface area contributed by atoms with Crippen LogP contribution in [-0.2, 0) is 12.8 Å². The van der Waals surface area contributed by atoms with Crippen molar-refractivity contribution in [3.05, 3.63) is 44.2 Å². The SMILES string of the molecule is CN(C)c1ccc(C=Nc2sc3c(c2C#N)CCC3)cc1Br. The lowest BCUT2D eigenvalue weighted by atomic mass is 10.1. The molecule has 112 valence electrons. The number of benzene rings is 1. The Labute approximate surface area is 143 Å². The van der Waals surface area contributed by atoms with Gasteiger partial charge in [0.2, 0.25) is 0 Å². The zero-order chi connectivity index (χ0) is 15.7. The molecule has 1 aliphatic rings. The second-order valence-electron chi connectivity index (χ2n) is 5.51. The molecule has 1 aromatic heterocycles. The van der Waals surface area contributed by atoms with Crippen molar-refractivity contribution >= 4 is 44.2 Å². The van der Waals surface area contributed by atoms with Gasteiger partial charge in [-0.1, -0.05) is 6.07 Å². The van der Waals surface area contributed by atoms with Gasteiger partial charge in [0.15, 0.2) is 0 Å². The highest BCUT2D eigenvalue weighted by Crippen LogP contribution is 2.40. The summed E-state index contributed by atoms with van der Waals surface area (Å²) in [5, 5.41) is 10.2. The summed E-state index contributed by atoms with van der Waals surface area (Å²) < 4.78 is 1.04. The Morgan fingerprint density at radius 3 is 2.86 bits per heavy atom. The largest absolute Gasteiger partial charge is 0.377 e. The van der Waals surface area contributed by atoms with Crippen LogP contribution in [0.5, 0.6) is 0 Å². The van der Waals surface area contributed by atoms with Crippen molar-refractivity contribution in [2.75, 3.05) is 19.0 Å². The maximum Gasteiger partial charge on any atom is 0.134 e. The normalized spacial score (nSPS) is 13.4. The molecule has 0 saturated heterocycles. The quantitative estimate of drug-likeness (QED) is 0.732. The van der Waals surface area contributed by atoms with Crippen molar-refractivity contribution in [3.8, 4) is 6.07 Å². The van der Waals surface area contributed by atoms with E-state index in [0.29, 0.717) is 0 Å². The smallest absolute Gasteiger partial charge is 0.134 e. The molecule has 0 saturated carbocycles. The van der Waals surface area contributed by atoms with E-state index in [1.165, 1.54) is 16.9 Å². The summed E-state index contributed by atoms with van der Waals surface area (Å²) in [7, 11) is 4.03. The third-order valence-corrected chi connectivity index (χ3v) is 5.63. The fourth-order valence-electron chi connectivity index (χ4n) is 2.70. The van der Waals surface area contributed by atoms with Crippen LogP contribution in [0.15, 0.2) is 27.7 Å². The zero-order valence-electron chi connectivity index (χ0n) is 12.6. The third-order valence-electron chi connectivity index (χ3n) is 3.80. The van der Waals surface area contributed by atoms with Gasteiger partial charge in [-0.05, 0) is 58.5 Å². The monoisotopic (exact) mass is 373 g/mol. The van der Waals surface area contributed by atoms with Crippen LogP contribution in [0.3, 0.4) is 0 Å². The van der Waals surface area contributed by atoms with Gasteiger partial charge in [-0.3, -0.25) is 0 Å². The molecule has 5 heteroatoms. The van der Waals surface area contributed by atoms with Crippen LogP contribution in [0.25, 0.3) is 0 Å². The second-order valence-corrected chi connectivity index (χ2v) is 7.45. The van der Waals surface area contributed by atoms with Crippen LogP contribution >= 0.6 is 27.3 Å². The van der Waals surface area contributed by atoms with Crippen molar-refractivity contribution < 1.29 is 0 Å². The molecule has 0 unspecified atom stereocenters. The Morgan fingerprint density at radius 2 is 2.18 bits per heavy atom. The van der Waals surface area contributed by atoms with Gasteiger partial charge in [0.1, 0.15) is 11.1 Å². The van der Waals surface area contributed by atoms with Gasteiger partial charge in [0.25, 0.3) is 0 Å². The fraction of sp³-hybridized carbons (Fsp3) is 0.294. The number of nitriles is 1. The molecule has 0 amide bonds. The van der Waals surface area contributed by atoms with E-state index in [-0.39, 0.29) is 0 Å². The molecule has 0 N–H and O–H groups in total. The number of nitrogens with zero attached hydrogens (tertiary/aromatic N) is 3. The second kappa shape index (κ2) is 6.23. The Balaban J connectivity index is 1.89. The highest BCUT2D eigenvalue weighted by molar-refractivity contribution is 9.10. The lowest BCUT2D eigenvalue weighted by molar-refractivity contribution is 0.913. The molecular weight excluding hydrogens is 358 g/mol. The molecule has 1 aromatic carbocycles. The van der Waals surface area contributed by atoms with E-state index in [2.05, 4.69) is 38.0 Å². The van der Waals surface area contributed by atoms with Crippen LogP contribution in [0, 0.1) is 11.3 Å². The Bertz CT molecular complexity index is 784. The number of hydrogen-bond acceptors (Lipinski definition) is 4. The molecule has 0 fully saturated rings. The molecular formula is C17H16BrN3S. The summed E-state index contributed by atoms with van der Waals surface area (Å²) in [5.74, 6) is 0. The van der Waals surface area contributed by atoms with Gasteiger partial charge < -0.3 is 4.90 Å². The standard InChI is InChI=1S/C17H16BrN3S/c1-21(2)15-7-6-11(8-14(15)18)10-20-17-13(9-19)12-4-3-5-16(12)22-17/h6-8,10H,3-5H2,1-2H3. The number of anilines is 1. The zero-order valence-corrected chi connectivity index (χ0v) is 15.0. The number of rotatable bonds is 3. The molecule has 3 rings (SSSR count). The van der Waals surface area contributed by atoms with E-state index in [4.69, 9.17) is 0 Å². The van der Waals surface area contributed by atoms with Gasteiger partial charge in [0.05, 0.1) is 11.3 Å². The van der Waals surface area contributed by atoms with Crippen molar-refractivity contribution in [3.63, 3.8) is 0 Å². The molecule has 1 aliphatic carbocycles. The average molecular weight is 374 g/mol. The van der Waals surface area contributed by atoms with Crippen LogP contribution < -0.4 is 4.90 Å². The molecule has 3 nitrogen and oxygen atoms in total. The highest BCUT2D eigenvalue weighted by atomic mass is 79.9. The first kappa shape index (κ1) is 15.3. The van der Waals surface area contributed by atoms with E-state index in [1.54, 1.807) is 11.3 Å². The Morgan fingerprint density at radius 1 is 1.36 bits per heavy atom. The van der Waals surface area contributed by atoms with Gasteiger partial charge in [-0.15, -0.1) is 11.3 Å². The maximum atomic E-state index is 9.38. The van der Waals surface area contributed by atoms with E-state index in [0.717, 1.165) is 39.1 Å². The molecule has 0 radical (unpaired) electrons. The molecule has 1 heterocycles. The first-order valence-electron chi connectivity index (χ1n) is 7.15. The van der Waals surface area contributed by atoms with E-state index in [9.17, 15) is 5.26 Å². The first-order valence-corrected chi connectivity index (χ1v) is 8.76. The van der Waals surface area contributed by atoms with E-state index >= 15 is 0 Å². The number of hydrogen-bond donors (Lipinski definition) is 0. The summed E-state index contributed by atoms with van der Waals surface area (Å²) in [6.07, 6.45) is 5.12. The van der Waals surface area contributed by atoms with Gasteiger partial charge in [-0.2, -0.15) is 5.26 Å². The van der Waals surface area contributed by atoms with Crippen molar-refractivity contribution in [2.24, 2.45) is 4.99 Å². The minimum Gasteiger partial charge on any atom is -0.377 e. The van der Waals surface area contributed by atoms with Crippen molar-refractivity contribution in [2.45, 2.75) is 19.3 Å². The van der Waals surface area contributed by atoms with Crippen molar-refractivity contribution in [1.82, 2.24) is 0 Å². The summed E-state index contributed by atoms with van der Waals surface area (Å²) in [6, 6.07) is 8.48. The number of fused-ring (bicyclic) bond motifs is 1. The fourth-order valence-corrected chi connectivity index (χ4v) is 4.63. The molecule has 2 aromatic rings. The van der Waals surface area contributed by atoms with E-state index < -0.39 is 0 Å². The minimum absolute atomic E-state index is 0.776. The predicted octanol–water partition coefficient (Wildman–Crippen LogP) is 4.69. The first-order chi connectivity index (χ1) is 10.6. The number of aryl methyl sites for hydroxylation is 1. The lowest BCUT2D eigenvalue weighted by Crippen LogP contribution is -2.09. The summed E-state index contributed by atoms with van der Waals surface area (Å²) >= 11 is 5.25. The average Bonchev–Trinajstić information content (AvgIpc) is 3.04. The topological polar surface area (TPSA) is 39.4 Å². The van der Waals surface area contributed by atoms with Gasteiger partial charge in [-0.25, -0.2) is 4.99 Å². The summed E-state index contributed by atoms with van der Waals surface area (Å²) in [6.45, 7) is 0. The molecule has 0 spiro atoms. The van der Waals surface area contributed by atoms with Crippen LogP contribution in [0.2, 0.25) is 0 Å². The van der Waals surface area contributed by atoms with Crippen molar-refractivity contribution in [1.29, 1.82) is 5.26 Å². The maximum absolute atomic E-state index is 9.38. The minimum atomic E-state index is 0.776. The Hall–Kier alpha value is -1.64. The van der Waals surface area contributed by atoms with Crippen LogP contribution in [0.1, 0.15) is 28.0 Å². The van der Waals surface area contributed by atoms with Gasteiger partial charge >= 0.3 is 0 Å². The summed E-state index contributed by atoms with van der Waals surface area (Å²) in [5.41, 5.74) is 4.15. The summed E-state index contributed by atoms with van der Waals surface area (Å²) in [4.78, 5) is 7.96. The highest BCUT2D eigenvalue weighted by Gasteiger charge is 2.21. The lowest BCUT2D eigenvalue weighted by Gasteiger charge is -2.14. The van der Waals surface area contributed by atoms with Gasteiger partial charge in [0, 0.05) is 29.7 Å². The van der Waals surface area contributed by atoms with Crippen LogP contribution in [0.4, 0.5) is 10.7 Å². The molecule has 0 atom stereocenters. The Kier molecular flexibility index (Phi) is 4.32. The molecule has 22 heavy (non-hydrogen) atoms. The number of aliphatic imine (C=N–C) groups is 1. The predicted molar refractivity (Wildman–Crippen MR) is 96.8 cm³/mol. The van der Waals surface area contributed by atoms with Crippen LogP contribution in [-0.4, -0.2) is 20.3 Å².